The molecule has 4 nitrogen and oxygen atoms in total. The molecule has 0 aliphatic carbocycles. The normalized spacial score (nSPS) is 10.2. The first kappa shape index (κ1) is 33.6. The average molecular weight is 423 g/mol. The minimum atomic E-state index is -1.31. The molecule has 0 aromatic rings. The van der Waals surface area contributed by atoms with E-state index in [1.165, 1.54) is 109 Å². The molecule has 0 aromatic carbocycles. The van der Waals surface area contributed by atoms with Crippen LogP contribution in [-0.2, 0) is 9.59 Å². The summed E-state index contributed by atoms with van der Waals surface area (Å²) < 4.78 is 0. The van der Waals surface area contributed by atoms with Crippen molar-refractivity contribution in [1.29, 1.82) is 0 Å². The zero-order valence-corrected chi connectivity index (χ0v) is 21.9. The Morgan fingerprint density at radius 3 is 1.10 bits per heavy atom. The van der Waals surface area contributed by atoms with E-state index in [0.717, 1.165) is 0 Å². The molecule has 0 aliphatic heterocycles. The summed E-state index contributed by atoms with van der Waals surface area (Å²) in [6.45, 7) is 6.97. The number of hydrogen-bond donors (Lipinski definition) is 2. The van der Waals surface area contributed by atoms with Gasteiger partial charge in [0.1, 0.15) is 6.42 Å². The zero-order chi connectivity index (χ0) is 21.5. The average Bonchev–Trinajstić information content (AvgIpc) is 2.62. The second kappa shape index (κ2) is 27.9. The van der Waals surface area contributed by atoms with Crippen LogP contribution in [0.4, 0.5) is 0 Å². The van der Waals surface area contributed by atoms with Crippen LogP contribution in [0.5, 0.6) is 0 Å². The standard InChI is InChI=1S/C21H43.C3H4O4.Na/c1-4-6-8-10-11-12-13-14-16-18-20-21(3)19-17-15-9-7-5-2;4-2(5)1-3(6)7;/h4-20H2,1-3H3;1H2,(H,4,5)(H,6,7);/q-1;;+1. The molecule has 0 rings (SSSR count). The molecule has 0 unspecified atom stereocenters. The van der Waals surface area contributed by atoms with Crippen molar-refractivity contribution >= 4 is 11.9 Å². The Bertz CT molecular complexity index is 336. The summed E-state index contributed by atoms with van der Waals surface area (Å²) >= 11 is 0. The molecule has 0 heterocycles. The van der Waals surface area contributed by atoms with Crippen molar-refractivity contribution in [2.45, 2.75) is 136 Å². The summed E-state index contributed by atoms with van der Waals surface area (Å²) in [4.78, 5) is 18.9. The van der Waals surface area contributed by atoms with Crippen LogP contribution in [0.25, 0.3) is 0 Å². The van der Waals surface area contributed by atoms with Crippen LogP contribution >= 0.6 is 0 Å². The van der Waals surface area contributed by atoms with Gasteiger partial charge in [0.05, 0.1) is 0 Å². The van der Waals surface area contributed by atoms with E-state index in [1.807, 2.05) is 0 Å². The number of unbranched alkanes of at least 4 members (excludes halogenated alkanes) is 13. The van der Waals surface area contributed by atoms with Gasteiger partial charge in [-0.05, 0) is 0 Å². The summed E-state index contributed by atoms with van der Waals surface area (Å²) in [6, 6.07) is 0. The van der Waals surface area contributed by atoms with E-state index >= 15 is 0 Å². The van der Waals surface area contributed by atoms with Gasteiger partial charge in [-0.2, -0.15) is 19.8 Å². The van der Waals surface area contributed by atoms with E-state index in [2.05, 4.69) is 20.8 Å². The Hall–Kier alpha value is -0.0600. The van der Waals surface area contributed by atoms with E-state index in [0.29, 0.717) is 0 Å². The van der Waals surface area contributed by atoms with Gasteiger partial charge in [-0.1, -0.05) is 110 Å². The van der Waals surface area contributed by atoms with Gasteiger partial charge in [0, 0.05) is 0 Å². The Morgan fingerprint density at radius 1 is 0.586 bits per heavy atom. The third-order valence-corrected chi connectivity index (χ3v) is 4.97. The van der Waals surface area contributed by atoms with Gasteiger partial charge < -0.3 is 16.1 Å². The van der Waals surface area contributed by atoms with Crippen molar-refractivity contribution in [1.82, 2.24) is 0 Å². The maximum Gasteiger partial charge on any atom is 1.00 e. The molecule has 0 atom stereocenters. The summed E-state index contributed by atoms with van der Waals surface area (Å²) in [5.41, 5.74) is 0. The Balaban J connectivity index is -0.000000721. The second-order valence-electron chi connectivity index (χ2n) is 8.02. The second-order valence-corrected chi connectivity index (χ2v) is 8.02. The molecule has 0 saturated heterocycles. The fourth-order valence-corrected chi connectivity index (χ4v) is 3.20. The molecule has 0 aliphatic rings. The van der Waals surface area contributed by atoms with Crippen molar-refractivity contribution < 1.29 is 49.4 Å². The molecule has 0 aromatic heterocycles. The number of carbonyl (C=O) groups is 2. The molecule has 2 N–H and O–H groups in total. The van der Waals surface area contributed by atoms with Crippen LogP contribution in [0.1, 0.15) is 136 Å². The van der Waals surface area contributed by atoms with Crippen LogP contribution in [0, 0.1) is 5.92 Å². The van der Waals surface area contributed by atoms with Gasteiger partial charge in [-0.15, -0.1) is 0 Å². The van der Waals surface area contributed by atoms with Crippen LogP contribution < -0.4 is 29.6 Å². The van der Waals surface area contributed by atoms with E-state index in [-0.39, 0.29) is 29.6 Å². The summed E-state index contributed by atoms with van der Waals surface area (Å²) in [5.74, 6) is -0.869. The van der Waals surface area contributed by atoms with E-state index in [9.17, 15) is 9.59 Å². The molecule has 0 bridgehead atoms. The molecular weight excluding hydrogens is 375 g/mol. The fraction of sp³-hybridized carbons (Fsp3) is 0.875. The predicted molar refractivity (Wildman–Crippen MR) is 119 cm³/mol. The Kier molecular flexibility index (Phi) is 32.3. The molecule has 0 radical (unpaired) electrons. The fourth-order valence-electron chi connectivity index (χ4n) is 3.20. The van der Waals surface area contributed by atoms with Crippen LogP contribution in [0.15, 0.2) is 0 Å². The van der Waals surface area contributed by atoms with Gasteiger partial charge >= 0.3 is 41.5 Å². The number of carboxylic acid groups (broad SMARTS) is 2. The minimum Gasteiger partial charge on any atom is -0.481 e. The number of rotatable bonds is 19. The van der Waals surface area contributed by atoms with E-state index in [4.69, 9.17) is 10.2 Å². The molecule has 0 amide bonds. The van der Waals surface area contributed by atoms with Crippen molar-refractivity contribution in [2.24, 2.45) is 0 Å². The van der Waals surface area contributed by atoms with Crippen molar-refractivity contribution in [2.75, 3.05) is 0 Å². The van der Waals surface area contributed by atoms with Crippen LogP contribution in [0.2, 0.25) is 0 Å². The van der Waals surface area contributed by atoms with Gasteiger partial charge in [-0.25, -0.2) is 0 Å². The zero-order valence-electron chi connectivity index (χ0n) is 19.9. The first-order valence-electron chi connectivity index (χ1n) is 11.7. The number of hydrogen-bond acceptors (Lipinski definition) is 2. The van der Waals surface area contributed by atoms with E-state index < -0.39 is 18.4 Å². The first-order valence-corrected chi connectivity index (χ1v) is 11.7. The molecular formula is C24H47NaO4. The largest absolute Gasteiger partial charge is 1.00 e. The van der Waals surface area contributed by atoms with Gasteiger partial charge in [0.15, 0.2) is 0 Å². The van der Waals surface area contributed by atoms with Crippen molar-refractivity contribution in [3.63, 3.8) is 0 Å². The van der Waals surface area contributed by atoms with Crippen molar-refractivity contribution in [3.8, 4) is 0 Å². The Morgan fingerprint density at radius 2 is 0.862 bits per heavy atom. The van der Waals surface area contributed by atoms with Gasteiger partial charge in [0.25, 0.3) is 0 Å². The maximum atomic E-state index is 9.43. The van der Waals surface area contributed by atoms with Crippen LogP contribution in [-0.4, -0.2) is 22.2 Å². The molecule has 168 valence electrons. The SMILES string of the molecule is CCCCCCCCCCCC[C-](C)CCCCCCC.O=C(O)CC(=O)O.[Na+]. The first-order chi connectivity index (χ1) is 13.4. The van der Waals surface area contributed by atoms with Gasteiger partial charge in [-0.3, -0.25) is 9.59 Å². The minimum absolute atomic E-state index is 0. The molecule has 5 heteroatoms. The summed E-state index contributed by atoms with van der Waals surface area (Å²) in [7, 11) is 0. The maximum absolute atomic E-state index is 9.43. The molecule has 0 spiro atoms. The monoisotopic (exact) mass is 422 g/mol. The Labute approximate surface area is 202 Å². The van der Waals surface area contributed by atoms with E-state index in [1.54, 1.807) is 5.92 Å². The number of carboxylic acids is 2. The molecule has 0 saturated carbocycles. The van der Waals surface area contributed by atoms with Crippen molar-refractivity contribution in [3.05, 3.63) is 5.92 Å². The summed E-state index contributed by atoms with van der Waals surface area (Å²) in [6.07, 6.45) is 23.6. The smallest absolute Gasteiger partial charge is 0.481 e. The third-order valence-electron chi connectivity index (χ3n) is 4.97. The third kappa shape index (κ3) is 35.7. The molecule has 0 fully saturated rings. The van der Waals surface area contributed by atoms with Gasteiger partial charge in [0.2, 0.25) is 0 Å². The predicted octanol–water partition coefficient (Wildman–Crippen LogP) is 4.80. The van der Waals surface area contributed by atoms with Crippen LogP contribution in [0.3, 0.4) is 0 Å². The summed E-state index contributed by atoms with van der Waals surface area (Å²) in [5, 5.41) is 15.4. The topological polar surface area (TPSA) is 74.6 Å². The number of aliphatic carboxylic acids is 2. The molecule has 29 heavy (non-hydrogen) atoms. The quantitative estimate of drug-likeness (QED) is 0.136.